The molecule has 0 aromatic heterocycles. The molecule has 0 aliphatic heterocycles. The van der Waals surface area contributed by atoms with Crippen LogP contribution in [0.25, 0.3) is 27.5 Å². The second-order valence-corrected chi connectivity index (χ2v) is 14.6. The van der Waals surface area contributed by atoms with Gasteiger partial charge in [-0.05, 0) is 119 Å². The van der Waals surface area contributed by atoms with Gasteiger partial charge in [0.25, 0.3) is 0 Å². The summed E-state index contributed by atoms with van der Waals surface area (Å²) in [6.07, 6.45) is 2.11. The van der Waals surface area contributed by atoms with Crippen LogP contribution in [0.4, 0.5) is 0 Å². The number of aliphatic hydroxyl groups is 2. The highest BCUT2D eigenvalue weighted by molar-refractivity contribution is 6.01. The average Bonchev–Trinajstić information content (AvgIpc) is 2.95. The minimum atomic E-state index is -1.41. The summed E-state index contributed by atoms with van der Waals surface area (Å²) in [5.41, 5.74) is 15.2. The first kappa shape index (κ1) is 31.1. The van der Waals surface area contributed by atoms with E-state index in [2.05, 4.69) is 108 Å². The number of benzene rings is 3. The van der Waals surface area contributed by atoms with Crippen molar-refractivity contribution in [2.45, 2.75) is 66.0 Å². The number of hydrogen-bond donors (Lipinski definition) is 3. The fraction of sp³-hybridized carbons (Fsp3) is 0.366. The maximum absolute atomic E-state index is 12.9. The molecule has 0 fully saturated rings. The van der Waals surface area contributed by atoms with Crippen LogP contribution >= 0.6 is 0 Å². The second-order valence-electron chi connectivity index (χ2n) is 14.6. The number of aryl methyl sites for hydroxylation is 1. The van der Waals surface area contributed by atoms with Gasteiger partial charge in [-0.1, -0.05) is 89.0 Å². The van der Waals surface area contributed by atoms with E-state index in [9.17, 15) is 10.2 Å². The van der Waals surface area contributed by atoms with Gasteiger partial charge in [0.15, 0.2) is 0 Å². The predicted molar refractivity (Wildman–Crippen MR) is 189 cm³/mol. The van der Waals surface area contributed by atoms with E-state index in [0.29, 0.717) is 24.0 Å². The quantitative estimate of drug-likeness (QED) is 0.274. The summed E-state index contributed by atoms with van der Waals surface area (Å²) in [5, 5.41) is 27.0. The summed E-state index contributed by atoms with van der Waals surface area (Å²) in [6.45, 7) is 24.7. The van der Waals surface area contributed by atoms with Crippen molar-refractivity contribution in [1.82, 2.24) is 4.90 Å². The van der Waals surface area contributed by atoms with Gasteiger partial charge in [0.05, 0.1) is 0 Å². The van der Waals surface area contributed by atoms with E-state index in [-0.39, 0.29) is 22.8 Å². The van der Waals surface area contributed by atoms with Gasteiger partial charge in [0, 0.05) is 29.1 Å². The summed E-state index contributed by atoms with van der Waals surface area (Å²) in [7, 11) is 4.22. The molecule has 3 aromatic rings. The Labute approximate surface area is 269 Å². The number of aliphatic hydroxyl groups excluding tert-OH is 1. The van der Waals surface area contributed by atoms with Crippen molar-refractivity contribution in [3.8, 4) is 11.1 Å². The molecule has 0 bridgehead atoms. The van der Waals surface area contributed by atoms with Crippen LogP contribution in [-0.2, 0) is 13.0 Å². The molecule has 0 heterocycles. The highest BCUT2D eigenvalue weighted by Crippen LogP contribution is 2.68. The molecule has 4 nitrogen and oxygen atoms in total. The molecule has 6 rings (SSSR count). The van der Waals surface area contributed by atoms with Gasteiger partial charge in [-0.25, -0.2) is 0 Å². The summed E-state index contributed by atoms with van der Waals surface area (Å²) < 4.78 is 0. The number of allylic oxidation sites excluding steroid dienone is 4. The lowest BCUT2D eigenvalue weighted by Gasteiger charge is -2.62. The van der Waals surface area contributed by atoms with E-state index in [1.165, 1.54) is 44.2 Å². The molecule has 0 unspecified atom stereocenters. The first-order valence-electron chi connectivity index (χ1n) is 16.1. The molecule has 3 aliphatic rings. The van der Waals surface area contributed by atoms with E-state index in [1.807, 2.05) is 6.92 Å². The molecule has 0 radical (unpaired) electrons. The molecule has 3 aromatic carbocycles. The smallest absolute Gasteiger partial charge is 0.117 e. The molecule has 0 spiro atoms. The van der Waals surface area contributed by atoms with Crippen molar-refractivity contribution >= 4 is 16.3 Å². The maximum Gasteiger partial charge on any atom is 0.117 e. The monoisotopic (exact) mass is 600 g/mol. The zero-order valence-electron chi connectivity index (χ0n) is 28.1. The van der Waals surface area contributed by atoms with Crippen LogP contribution in [0.1, 0.15) is 62.8 Å². The van der Waals surface area contributed by atoms with Crippen molar-refractivity contribution < 1.29 is 10.2 Å². The molecule has 4 N–H and O–H groups in total. The van der Waals surface area contributed by atoms with Crippen molar-refractivity contribution in [1.29, 1.82) is 0 Å². The third kappa shape index (κ3) is 4.11. The number of fused-ring (bicyclic) bond motifs is 4. The summed E-state index contributed by atoms with van der Waals surface area (Å²) in [4.78, 5) is 2.21. The number of nitrogens with two attached hydrogens (primary N) is 1. The minimum absolute atomic E-state index is 0.192. The van der Waals surface area contributed by atoms with Crippen LogP contribution in [0.3, 0.4) is 0 Å². The molecule has 0 saturated heterocycles. The Bertz CT molecular complexity index is 1890. The fourth-order valence-electron chi connectivity index (χ4n) is 9.80. The lowest BCUT2D eigenvalue weighted by atomic mass is 9.43. The summed E-state index contributed by atoms with van der Waals surface area (Å²) in [5.74, 6) is -0.116. The SMILES string of the molecule is C=C(N)C1=C(O)[C@@H](CC)[C@]2(C)C[C@]3(C)Cc4c(-c5ccc(CN(C)C)c6ccccc56)ccc(C)c4C(=C)C3=C(C)[C@]2(O)C1=C. The zero-order valence-corrected chi connectivity index (χ0v) is 28.1. The van der Waals surface area contributed by atoms with Gasteiger partial charge in [-0.2, -0.15) is 0 Å². The van der Waals surface area contributed by atoms with Gasteiger partial charge >= 0.3 is 0 Å². The third-order valence-corrected chi connectivity index (χ3v) is 11.4. The second kappa shape index (κ2) is 10.3. The largest absolute Gasteiger partial charge is 0.511 e. The Balaban J connectivity index is 1.61. The van der Waals surface area contributed by atoms with Crippen LogP contribution in [0.5, 0.6) is 0 Å². The molecule has 4 atom stereocenters. The topological polar surface area (TPSA) is 69.7 Å². The molecule has 0 saturated carbocycles. The first-order chi connectivity index (χ1) is 21.1. The van der Waals surface area contributed by atoms with Gasteiger partial charge in [0.2, 0.25) is 0 Å². The van der Waals surface area contributed by atoms with Crippen LogP contribution in [0.2, 0.25) is 0 Å². The number of rotatable bonds is 5. The average molecular weight is 601 g/mol. The summed E-state index contributed by atoms with van der Waals surface area (Å²) in [6, 6.07) is 17.8. The molecule has 4 heteroatoms. The Morgan fingerprint density at radius 2 is 1.64 bits per heavy atom. The Hall–Kier alpha value is -3.86. The van der Waals surface area contributed by atoms with Crippen molar-refractivity contribution in [3.63, 3.8) is 0 Å². The molecular formula is C41H48N2O2. The van der Waals surface area contributed by atoms with E-state index in [0.717, 1.165) is 29.7 Å². The van der Waals surface area contributed by atoms with Crippen LogP contribution in [-0.4, -0.2) is 34.8 Å². The number of hydrogen-bond acceptors (Lipinski definition) is 4. The lowest BCUT2D eigenvalue weighted by molar-refractivity contribution is -0.0930. The van der Waals surface area contributed by atoms with Crippen LogP contribution in [0.15, 0.2) is 102 Å². The number of nitrogens with zero attached hydrogens (tertiary/aromatic N) is 1. The first-order valence-corrected chi connectivity index (χ1v) is 16.1. The van der Waals surface area contributed by atoms with Crippen molar-refractivity contribution in [2.24, 2.45) is 22.5 Å². The lowest BCUT2D eigenvalue weighted by Crippen LogP contribution is -2.62. The Morgan fingerprint density at radius 1 is 1.00 bits per heavy atom. The standard InChI is InChI=1S/C41H48N2O2/c1-11-34-38(44)36(27(6)42)25(4)41(45)26(5)37-24(3)35-23(2)16-18-32(33(35)20-39(37,7)22-40(34,41)8)31-19-17-28(21-43(9)10)29-14-12-13-15-30(29)31/h12-19,34,44-45H,3-4,6,11,20-22,42H2,1-2,5,7-10H3/t34-,39+,40+,41-/m1/s1. The van der Waals surface area contributed by atoms with Gasteiger partial charge < -0.3 is 20.8 Å². The molecule has 0 amide bonds. The van der Waals surface area contributed by atoms with E-state index in [1.54, 1.807) is 0 Å². The molecule has 234 valence electrons. The highest BCUT2D eigenvalue weighted by Gasteiger charge is 2.65. The Kier molecular flexibility index (Phi) is 7.15. The van der Waals surface area contributed by atoms with Gasteiger partial charge in [0.1, 0.15) is 11.4 Å². The van der Waals surface area contributed by atoms with Crippen LogP contribution < -0.4 is 5.73 Å². The molecule has 3 aliphatic carbocycles. The maximum atomic E-state index is 12.9. The van der Waals surface area contributed by atoms with Gasteiger partial charge in [-0.15, -0.1) is 0 Å². The predicted octanol–water partition coefficient (Wildman–Crippen LogP) is 8.79. The molecule has 45 heavy (non-hydrogen) atoms. The van der Waals surface area contributed by atoms with E-state index >= 15 is 0 Å². The normalized spacial score (nSPS) is 28.0. The van der Waals surface area contributed by atoms with E-state index in [4.69, 9.17) is 12.3 Å². The van der Waals surface area contributed by atoms with Crippen molar-refractivity contribution in [3.05, 3.63) is 124 Å². The van der Waals surface area contributed by atoms with E-state index < -0.39 is 11.0 Å². The minimum Gasteiger partial charge on any atom is -0.511 e. The van der Waals surface area contributed by atoms with Gasteiger partial charge in [-0.3, -0.25) is 0 Å². The highest BCUT2D eigenvalue weighted by atomic mass is 16.3. The van der Waals surface area contributed by atoms with Crippen molar-refractivity contribution in [2.75, 3.05) is 14.1 Å². The zero-order chi connectivity index (χ0) is 32.8. The Morgan fingerprint density at radius 3 is 2.27 bits per heavy atom. The molecular weight excluding hydrogens is 552 g/mol. The van der Waals surface area contributed by atoms with Crippen LogP contribution in [0, 0.1) is 23.7 Å². The third-order valence-electron chi connectivity index (χ3n) is 11.4. The summed E-state index contributed by atoms with van der Waals surface area (Å²) >= 11 is 0. The fourth-order valence-corrected chi connectivity index (χ4v) is 9.80.